The van der Waals surface area contributed by atoms with Crippen LogP contribution >= 0.6 is 14.6 Å². The molecule has 0 amide bonds. The lowest BCUT2D eigenvalue weighted by Gasteiger charge is -2.28. The highest BCUT2D eigenvalue weighted by Crippen LogP contribution is 2.78. The quantitative estimate of drug-likeness (QED) is 0.490. The number of hydrogen-bond donors (Lipinski definition) is 0. The summed E-state index contributed by atoms with van der Waals surface area (Å²) >= 11 is 0. The van der Waals surface area contributed by atoms with Crippen molar-refractivity contribution in [2.75, 3.05) is 13.2 Å². The van der Waals surface area contributed by atoms with E-state index < -0.39 is 51.0 Å². The Bertz CT molecular complexity index is 739. The first-order chi connectivity index (χ1) is 10.2. The molecule has 0 unspecified atom stereocenters. The molecular formula is C10H15O8PS3. The minimum atomic E-state index is -4.99. The fraction of sp³-hybridized carbons (Fsp3) is 0.400. The van der Waals surface area contributed by atoms with Crippen LogP contribution in [0.5, 0.6) is 0 Å². The van der Waals surface area contributed by atoms with Gasteiger partial charge in [-0.1, -0.05) is 18.2 Å². The minimum Gasteiger partial charge on any atom is -0.262 e. The summed E-state index contributed by atoms with van der Waals surface area (Å²) in [7, 11) is -14.5. The van der Waals surface area contributed by atoms with Crippen molar-refractivity contribution in [3.63, 3.8) is 0 Å². The second kappa shape index (κ2) is 7.24. The zero-order valence-electron chi connectivity index (χ0n) is 11.7. The molecule has 0 radical (unpaired) electrons. The van der Waals surface area contributed by atoms with Gasteiger partial charge >= 0.3 is 25.2 Å². The summed E-state index contributed by atoms with van der Waals surface area (Å²) in [5, 5.41) is 0. The number of rotatable bonds is 8. The van der Waals surface area contributed by atoms with E-state index in [-0.39, 0.29) is 0 Å². The van der Waals surface area contributed by atoms with Crippen LogP contribution in [-0.2, 0) is 35.8 Å². The summed E-state index contributed by atoms with van der Waals surface area (Å²) < 4.78 is 82.2. The Balaban J connectivity index is 3.93. The molecular weight excluding hydrogens is 375 g/mol. The van der Waals surface area contributed by atoms with Crippen LogP contribution in [0, 0.1) is 0 Å². The molecule has 0 saturated heterocycles. The van der Waals surface area contributed by atoms with Gasteiger partial charge < -0.3 is 0 Å². The van der Waals surface area contributed by atoms with Gasteiger partial charge in [-0.05, 0) is 26.0 Å². The van der Waals surface area contributed by atoms with E-state index in [2.05, 4.69) is 8.37 Å². The van der Waals surface area contributed by atoms with Crippen LogP contribution in [0.1, 0.15) is 13.8 Å². The molecule has 0 saturated carbocycles. The third kappa shape index (κ3) is 3.15. The van der Waals surface area contributed by atoms with Crippen molar-refractivity contribution < 1.29 is 34.3 Å². The fourth-order valence-corrected chi connectivity index (χ4v) is 15.9. The molecule has 8 nitrogen and oxygen atoms in total. The van der Waals surface area contributed by atoms with Crippen molar-refractivity contribution in [1.29, 1.82) is 0 Å². The monoisotopic (exact) mass is 390 g/mol. The Morgan fingerprint density at radius 1 is 0.864 bits per heavy atom. The zero-order chi connectivity index (χ0) is 17.0. The summed E-state index contributed by atoms with van der Waals surface area (Å²) in [6.45, 7) is -2.18. The lowest BCUT2D eigenvalue weighted by molar-refractivity contribution is 0.346. The molecule has 0 atom stereocenters. The molecule has 12 heteroatoms. The van der Waals surface area contributed by atoms with Crippen LogP contribution in [0.15, 0.2) is 35.2 Å². The largest absolute Gasteiger partial charge is 0.395 e. The van der Waals surface area contributed by atoms with Gasteiger partial charge in [0, 0.05) is 4.90 Å². The normalized spacial score (nSPS) is 13.7. The van der Waals surface area contributed by atoms with E-state index in [1.165, 1.54) is 32.0 Å². The van der Waals surface area contributed by atoms with Gasteiger partial charge in [0.25, 0.3) is 0 Å². The smallest absolute Gasteiger partial charge is 0.262 e. The van der Waals surface area contributed by atoms with Gasteiger partial charge in [-0.15, -0.1) is 0 Å². The fourth-order valence-electron chi connectivity index (χ4n) is 1.58. The van der Waals surface area contributed by atoms with Crippen molar-refractivity contribution in [2.24, 2.45) is 0 Å². The van der Waals surface area contributed by atoms with E-state index in [4.69, 9.17) is 0 Å². The predicted molar refractivity (Wildman–Crippen MR) is 81.7 cm³/mol. The number of hydrogen-bond acceptors (Lipinski definition) is 8. The molecule has 22 heavy (non-hydrogen) atoms. The molecule has 1 aromatic carbocycles. The molecule has 1 aromatic rings. The molecule has 0 fully saturated rings. The van der Waals surface area contributed by atoms with Crippen LogP contribution in [0.4, 0.5) is 0 Å². The lowest BCUT2D eigenvalue weighted by Crippen LogP contribution is -2.22. The van der Waals surface area contributed by atoms with Crippen LogP contribution in [0.25, 0.3) is 0 Å². The predicted octanol–water partition coefficient (Wildman–Crippen LogP) is 2.50. The maximum Gasteiger partial charge on any atom is 0.395 e. The lowest BCUT2D eigenvalue weighted by atomic mass is 10.4. The molecule has 0 aliphatic carbocycles. The van der Waals surface area contributed by atoms with Crippen molar-refractivity contribution in [3.05, 3.63) is 30.3 Å². The topological polar surface area (TPSA) is 121 Å². The third-order valence-electron chi connectivity index (χ3n) is 2.32. The maximum atomic E-state index is 12.4. The van der Waals surface area contributed by atoms with Gasteiger partial charge in [-0.2, -0.15) is 16.8 Å². The first-order valence-electron chi connectivity index (χ1n) is 5.99. The Kier molecular flexibility index (Phi) is 6.36. The van der Waals surface area contributed by atoms with E-state index in [0.29, 0.717) is 0 Å². The molecule has 0 aliphatic heterocycles. The molecule has 0 N–H and O–H groups in total. The van der Waals surface area contributed by atoms with Crippen LogP contribution in [0.2, 0.25) is 0 Å². The van der Waals surface area contributed by atoms with Crippen LogP contribution < -0.4 is 0 Å². The van der Waals surface area contributed by atoms with Crippen LogP contribution in [0.3, 0.4) is 0 Å². The van der Waals surface area contributed by atoms with Crippen molar-refractivity contribution in [1.82, 2.24) is 0 Å². The van der Waals surface area contributed by atoms with Gasteiger partial charge in [0.05, 0.1) is 13.2 Å². The van der Waals surface area contributed by atoms with E-state index >= 15 is 0 Å². The minimum absolute atomic E-state index is 0.408. The standard InChI is InChI=1S/C10H15O8PS3/c1-3-17-21(13,14)20(19(11)12,22(15,16)18-4-2)10-8-6-5-7-9-10/h5-9H,3-4H2,1-2H3. The summed E-state index contributed by atoms with van der Waals surface area (Å²) in [4.78, 5) is -0.409. The second-order valence-corrected chi connectivity index (χ2v) is 17.7. The van der Waals surface area contributed by atoms with Crippen molar-refractivity contribution in [2.45, 2.75) is 18.7 Å². The zero-order valence-corrected chi connectivity index (χ0v) is 15.1. The van der Waals surface area contributed by atoms with E-state index in [1.54, 1.807) is 0 Å². The molecule has 0 bridgehead atoms. The highest BCUT2D eigenvalue weighted by atomic mass is 33.8. The second-order valence-electron chi connectivity index (χ2n) is 3.64. The van der Waals surface area contributed by atoms with E-state index in [1.807, 2.05) is 0 Å². The van der Waals surface area contributed by atoms with Gasteiger partial charge in [-0.25, -0.2) is 9.13 Å². The molecule has 1 rings (SSSR count). The SMILES string of the molecule is CCOS(=O)(=O)S(c1ccccc1)(P(=O)=O)S(=O)(=O)OCC. The van der Waals surface area contributed by atoms with Gasteiger partial charge in [0.15, 0.2) is 0 Å². The average molecular weight is 390 g/mol. The highest BCUT2D eigenvalue weighted by molar-refractivity contribution is 9.34. The molecule has 0 spiro atoms. The molecule has 126 valence electrons. The Labute approximate surface area is 129 Å². The molecule has 0 aliphatic rings. The summed E-state index contributed by atoms with van der Waals surface area (Å²) in [5.74, 6) is 0. The summed E-state index contributed by atoms with van der Waals surface area (Å²) in [6.07, 6.45) is 0. The van der Waals surface area contributed by atoms with E-state index in [0.717, 1.165) is 12.1 Å². The molecule has 0 aromatic heterocycles. The Morgan fingerprint density at radius 2 is 1.27 bits per heavy atom. The first-order valence-corrected chi connectivity index (χ1v) is 13.3. The van der Waals surface area contributed by atoms with Gasteiger partial charge in [0.1, 0.15) is 7.71 Å². The Morgan fingerprint density at radius 3 is 1.59 bits per heavy atom. The van der Waals surface area contributed by atoms with Gasteiger partial charge in [0.2, 0.25) is 0 Å². The third-order valence-corrected chi connectivity index (χ3v) is 21.1. The van der Waals surface area contributed by atoms with Crippen molar-refractivity contribution >= 4 is 32.9 Å². The van der Waals surface area contributed by atoms with E-state index in [9.17, 15) is 26.0 Å². The van der Waals surface area contributed by atoms with Crippen molar-refractivity contribution in [3.8, 4) is 0 Å². The number of benzene rings is 1. The molecule has 0 heterocycles. The Hall–Kier alpha value is -0.710. The van der Waals surface area contributed by atoms with Gasteiger partial charge in [-0.3, -0.25) is 8.37 Å². The average Bonchev–Trinajstić information content (AvgIpc) is 2.38. The van der Waals surface area contributed by atoms with Crippen LogP contribution in [-0.4, -0.2) is 30.0 Å². The first kappa shape index (κ1) is 19.3. The summed E-state index contributed by atoms with van der Waals surface area (Å²) in [5.41, 5.74) is 0. The highest BCUT2D eigenvalue weighted by Gasteiger charge is 2.59. The maximum absolute atomic E-state index is 12.4. The summed E-state index contributed by atoms with van der Waals surface area (Å²) in [6, 6.07) is 6.37.